The smallest absolute Gasteiger partial charge is 0.320 e. The molecule has 2 aromatic carbocycles. The second-order valence-electron chi connectivity index (χ2n) is 9.15. The number of hydrogen-bond acceptors (Lipinski definition) is 8. The number of hydrogen-bond donors (Lipinski definition) is 1. The van der Waals surface area contributed by atoms with Gasteiger partial charge in [0.15, 0.2) is 29.1 Å². The van der Waals surface area contributed by atoms with E-state index in [4.69, 9.17) is 29.3 Å². The Bertz CT molecular complexity index is 1630. The lowest BCUT2D eigenvalue weighted by molar-refractivity contribution is -0.123. The lowest BCUT2D eigenvalue weighted by atomic mass is 10.2. The molecular weight excluding hydrogens is 498 g/mol. The third kappa shape index (κ3) is 5.33. The van der Waals surface area contributed by atoms with Crippen molar-refractivity contribution in [1.82, 2.24) is 29.4 Å². The zero-order valence-electron chi connectivity index (χ0n) is 22.6. The van der Waals surface area contributed by atoms with Crippen molar-refractivity contribution in [1.29, 1.82) is 0 Å². The van der Waals surface area contributed by atoms with E-state index in [0.29, 0.717) is 58.9 Å². The van der Waals surface area contributed by atoms with E-state index in [9.17, 15) is 4.79 Å². The number of aromatic nitrogens is 6. The van der Waals surface area contributed by atoms with E-state index < -0.39 is 6.10 Å². The van der Waals surface area contributed by atoms with Gasteiger partial charge in [0.25, 0.3) is 5.91 Å². The zero-order valence-corrected chi connectivity index (χ0v) is 22.6. The molecule has 0 radical (unpaired) electrons. The molecule has 202 valence electrons. The van der Waals surface area contributed by atoms with Crippen molar-refractivity contribution in [2.45, 2.75) is 46.3 Å². The summed E-state index contributed by atoms with van der Waals surface area (Å²) in [5.41, 5.74) is 3.83. The molecule has 39 heavy (non-hydrogen) atoms. The van der Waals surface area contributed by atoms with Gasteiger partial charge in [-0.2, -0.15) is 14.6 Å². The predicted molar refractivity (Wildman–Crippen MR) is 147 cm³/mol. The highest BCUT2D eigenvalue weighted by Crippen LogP contribution is 2.34. The van der Waals surface area contributed by atoms with Gasteiger partial charge in [-0.15, -0.1) is 5.10 Å². The molecule has 1 N–H and O–H groups in total. The molecule has 3 heterocycles. The predicted octanol–water partition coefficient (Wildman–Crippen LogP) is 4.15. The van der Waals surface area contributed by atoms with Crippen molar-refractivity contribution in [2.75, 3.05) is 19.5 Å². The third-order valence-electron chi connectivity index (χ3n) is 6.39. The molecule has 1 atom stereocenters. The van der Waals surface area contributed by atoms with Crippen LogP contribution in [0, 0.1) is 13.8 Å². The Morgan fingerprint density at radius 3 is 2.41 bits per heavy atom. The molecule has 0 saturated heterocycles. The normalized spacial score (nSPS) is 12.0. The number of anilines is 1. The molecule has 11 heteroatoms. The summed E-state index contributed by atoms with van der Waals surface area (Å²) in [4.78, 5) is 22.6. The minimum Gasteiger partial charge on any atom is -0.493 e. The second-order valence-corrected chi connectivity index (χ2v) is 9.15. The molecule has 11 nitrogen and oxygen atoms in total. The van der Waals surface area contributed by atoms with Crippen molar-refractivity contribution in [3.05, 3.63) is 65.7 Å². The quantitative estimate of drug-likeness (QED) is 0.287. The van der Waals surface area contributed by atoms with Crippen LogP contribution in [0.1, 0.15) is 30.6 Å². The molecule has 0 aliphatic carbocycles. The van der Waals surface area contributed by atoms with Gasteiger partial charge < -0.3 is 19.5 Å². The maximum absolute atomic E-state index is 13.1. The molecule has 0 aliphatic rings. The summed E-state index contributed by atoms with van der Waals surface area (Å²) < 4.78 is 20.7. The Kier molecular flexibility index (Phi) is 7.31. The van der Waals surface area contributed by atoms with Crippen LogP contribution in [0.2, 0.25) is 0 Å². The standard InChI is InChI=1S/C28H31N7O4/c1-6-22(27(36)29-19-10-8-7-9-11-19)39-28-30-21-16-24(38-5)23(37-4)15-20(21)26-31-25(33-35(26)28)12-13-34-18(3)14-17(2)32-34/h7-11,14-16,22H,6,12-13H2,1-5H3,(H,29,36). The Labute approximate surface area is 225 Å². The lowest BCUT2D eigenvalue weighted by Gasteiger charge is -2.17. The fourth-order valence-electron chi connectivity index (χ4n) is 4.44. The number of para-hydroxylation sites is 1. The fraction of sp³-hybridized carbons (Fsp3) is 0.321. The first-order chi connectivity index (χ1) is 18.9. The van der Waals surface area contributed by atoms with Gasteiger partial charge in [0.05, 0.1) is 25.4 Å². The number of fused-ring (bicyclic) bond motifs is 3. The third-order valence-corrected chi connectivity index (χ3v) is 6.39. The van der Waals surface area contributed by atoms with Crippen LogP contribution in [0.3, 0.4) is 0 Å². The van der Waals surface area contributed by atoms with E-state index in [0.717, 1.165) is 11.4 Å². The molecule has 0 spiro atoms. The molecule has 0 aliphatic heterocycles. The van der Waals surface area contributed by atoms with Crippen molar-refractivity contribution >= 4 is 28.1 Å². The van der Waals surface area contributed by atoms with Gasteiger partial charge >= 0.3 is 6.01 Å². The molecular formula is C28H31N7O4. The van der Waals surface area contributed by atoms with E-state index in [1.54, 1.807) is 24.8 Å². The molecule has 1 unspecified atom stereocenters. The van der Waals surface area contributed by atoms with Crippen LogP contribution >= 0.6 is 0 Å². The highest BCUT2D eigenvalue weighted by atomic mass is 16.5. The van der Waals surface area contributed by atoms with Crippen LogP contribution in [0.5, 0.6) is 17.5 Å². The molecule has 0 bridgehead atoms. The van der Waals surface area contributed by atoms with Crippen molar-refractivity contribution in [2.24, 2.45) is 0 Å². The Morgan fingerprint density at radius 1 is 1.00 bits per heavy atom. The van der Waals surface area contributed by atoms with Gasteiger partial charge in [0, 0.05) is 35.8 Å². The van der Waals surface area contributed by atoms with Crippen LogP contribution < -0.4 is 19.5 Å². The van der Waals surface area contributed by atoms with Crippen molar-refractivity contribution in [3.8, 4) is 17.5 Å². The van der Waals surface area contributed by atoms with E-state index in [2.05, 4.69) is 10.4 Å². The monoisotopic (exact) mass is 529 g/mol. The summed E-state index contributed by atoms with van der Waals surface area (Å²) in [6.07, 6.45) is 0.162. The van der Waals surface area contributed by atoms with E-state index in [1.807, 2.05) is 67.9 Å². The van der Waals surface area contributed by atoms with Gasteiger partial charge in [-0.3, -0.25) is 9.48 Å². The molecule has 5 rings (SSSR count). The highest BCUT2D eigenvalue weighted by molar-refractivity contribution is 5.95. The van der Waals surface area contributed by atoms with Crippen LogP contribution in [-0.4, -0.2) is 55.6 Å². The minimum atomic E-state index is -0.805. The first-order valence-corrected chi connectivity index (χ1v) is 12.7. The summed E-state index contributed by atoms with van der Waals surface area (Å²) >= 11 is 0. The largest absolute Gasteiger partial charge is 0.493 e. The maximum atomic E-state index is 13.1. The van der Waals surface area contributed by atoms with Gasteiger partial charge in [-0.05, 0) is 44.5 Å². The topological polar surface area (TPSA) is 118 Å². The van der Waals surface area contributed by atoms with E-state index >= 15 is 0 Å². The number of amides is 1. The van der Waals surface area contributed by atoms with Crippen LogP contribution in [0.4, 0.5) is 5.69 Å². The number of nitrogens with zero attached hydrogens (tertiary/aromatic N) is 6. The Balaban J connectivity index is 1.54. The molecule has 0 fully saturated rings. The molecule has 1 amide bonds. The van der Waals surface area contributed by atoms with Gasteiger partial charge in [-0.1, -0.05) is 25.1 Å². The number of rotatable bonds is 10. The number of carbonyl (C=O) groups excluding carboxylic acids is 1. The number of carbonyl (C=O) groups is 1. The molecule has 0 saturated carbocycles. The van der Waals surface area contributed by atoms with Crippen LogP contribution in [0.25, 0.3) is 16.6 Å². The zero-order chi connectivity index (χ0) is 27.5. The lowest BCUT2D eigenvalue weighted by Crippen LogP contribution is -2.33. The number of ether oxygens (including phenoxy) is 3. The van der Waals surface area contributed by atoms with Crippen molar-refractivity contribution in [3.63, 3.8) is 0 Å². The first-order valence-electron chi connectivity index (χ1n) is 12.7. The molecule has 5 aromatic rings. The highest BCUT2D eigenvalue weighted by Gasteiger charge is 2.24. The van der Waals surface area contributed by atoms with Gasteiger partial charge in [0.2, 0.25) is 0 Å². The van der Waals surface area contributed by atoms with Crippen molar-refractivity contribution < 1.29 is 19.0 Å². The fourth-order valence-corrected chi connectivity index (χ4v) is 4.44. The average molecular weight is 530 g/mol. The Morgan fingerprint density at radius 2 is 1.74 bits per heavy atom. The molecule has 3 aromatic heterocycles. The van der Waals surface area contributed by atoms with Gasteiger partial charge in [0.1, 0.15) is 0 Å². The van der Waals surface area contributed by atoms with Gasteiger partial charge in [-0.25, -0.2) is 4.98 Å². The SMILES string of the molecule is CCC(Oc1nc2cc(OC)c(OC)cc2c2nc(CCn3nc(C)cc3C)nn12)C(=O)Nc1ccccc1. The second kappa shape index (κ2) is 11.0. The maximum Gasteiger partial charge on any atom is 0.320 e. The summed E-state index contributed by atoms with van der Waals surface area (Å²) in [5, 5.41) is 12.9. The number of nitrogens with one attached hydrogen (secondary N) is 1. The summed E-state index contributed by atoms with van der Waals surface area (Å²) in [7, 11) is 3.14. The summed E-state index contributed by atoms with van der Waals surface area (Å²) in [6, 6.07) is 15.0. The van der Waals surface area contributed by atoms with E-state index in [-0.39, 0.29) is 11.9 Å². The summed E-state index contributed by atoms with van der Waals surface area (Å²) in [5.74, 6) is 1.38. The number of aryl methyl sites for hydroxylation is 4. The van der Waals surface area contributed by atoms with E-state index in [1.165, 1.54) is 0 Å². The number of benzene rings is 2. The van der Waals surface area contributed by atoms with Crippen LogP contribution in [-0.2, 0) is 17.8 Å². The van der Waals surface area contributed by atoms with Crippen LogP contribution in [0.15, 0.2) is 48.5 Å². The summed E-state index contributed by atoms with van der Waals surface area (Å²) in [6.45, 7) is 6.48. The first kappa shape index (κ1) is 26.0. The number of methoxy groups -OCH3 is 2. The average Bonchev–Trinajstić information content (AvgIpc) is 3.52. The Hall–Kier alpha value is -4.67. The minimum absolute atomic E-state index is 0.157.